The number of nitrogens with one attached hydrogen (secondary N) is 1. The predicted octanol–water partition coefficient (Wildman–Crippen LogP) is 2.11. The first-order valence-electron chi connectivity index (χ1n) is 6.70. The van der Waals surface area contributed by atoms with Gasteiger partial charge in [0.2, 0.25) is 0 Å². The minimum atomic E-state index is -0.249. The van der Waals surface area contributed by atoms with E-state index in [1.54, 1.807) is 0 Å². The molecule has 0 radical (unpaired) electrons. The first kappa shape index (κ1) is 13.1. The molecule has 1 amide bonds. The van der Waals surface area contributed by atoms with Crippen LogP contribution in [-0.4, -0.2) is 18.0 Å². The summed E-state index contributed by atoms with van der Waals surface area (Å²) in [6, 6.07) is 7.79. The van der Waals surface area contributed by atoms with E-state index in [0.29, 0.717) is 18.0 Å². The van der Waals surface area contributed by atoms with Crippen LogP contribution < -0.4 is 11.1 Å². The summed E-state index contributed by atoms with van der Waals surface area (Å²) in [5, 5.41) is 3.09. The van der Waals surface area contributed by atoms with E-state index in [4.69, 9.17) is 5.73 Å². The summed E-state index contributed by atoms with van der Waals surface area (Å²) in [6.07, 6.45) is 3.33. The molecular weight excluding hydrogens is 224 g/mol. The van der Waals surface area contributed by atoms with Crippen molar-refractivity contribution < 1.29 is 4.79 Å². The van der Waals surface area contributed by atoms with Crippen molar-refractivity contribution in [2.45, 2.75) is 38.6 Å². The Bertz CT molecular complexity index is 423. The summed E-state index contributed by atoms with van der Waals surface area (Å²) in [5.74, 6) is 0.527. The molecule has 0 aromatic heterocycles. The SMILES string of the molecule is CCc1ccc(C(=O)NC(C)(CN)C2CC2)cc1. The Balaban J connectivity index is 2.06. The molecule has 1 fully saturated rings. The van der Waals surface area contributed by atoms with Gasteiger partial charge in [0.1, 0.15) is 0 Å². The Morgan fingerprint density at radius 2 is 2.00 bits per heavy atom. The first-order chi connectivity index (χ1) is 8.59. The molecule has 3 N–H and O–H groups in total. The van der Waals surface area contributed by atoms with E-state index >= 15 is 0 Å². The van der Waals surface area contributed by atoms with Gasteiger partial charge < -0.3 is 11.1 Å². The highest BCUT2D eigenvalue weighted by molar-refractivity contribution is 5.94. The van der Waals surface area contributed by atoms with Crippen LogP contribution in [0.3, 0.4) is 0 Å². The third kappa shape index (κ3) is 2.72. The highest BCUT2D eigenvalue weighted by atomic mass is 16.1. The average molecular weight is 246 g/mol. The van der Waals surface area contributed by atoms with Gasteiger partial charge in [0.25, 0.3) is 5.91 Å². The van der Waals surface area contributed by atoms with Crippen molar-refractivity contribution >= 4 is 5.91 Å². The topological polar surface area (TPSA) is 55.1 Å². The third-order valence-electron chi connectivity index (χ3n) is 3.93. The molecule has 2 rings (SSSR count). The molecule has 98 valence electrons. The van der Waals surface area contributed by atoms with Crippen molar-refractivity contribution in [2.75, 3.05) is 6.54 Å². The van der Waals surface area contributed by atoms with Crippen LogP contribution in [0.5, 0.6) is 0 Å². The van der Waals surface area contributed by atoms with Gasteiger partial charge in [0, 0.05) is 12.1 Å². The van der Waals surface area contributed by atoms with Crippen LogP contribution in [0.15, 0.2) is 24.3 Å². The molecule has 1 saturated carbocycles. The second-order valence-electron chi connectivity index (χ2n) is 5.40. The summed E-state index contributed by atoms with van der Waals surface area (Å²) in [7, 11) is 0. The molecule has 0 aliphatic heterocycles. The maximum absolute atomic E-state index is 12.2. The zero-order chi connectivity index (χ0) is 13.2. The lowest BCUT2D eigenvalue weighted by atomic mass is 9.95. The van der Waals surface area contributed by atoms with Crippen molar-refractivity contribution in [3.05, 3.63) is 35.4 Å². The molecule has 1 aromatic carbocycles. The van der Waals surface area contributed by atoms with Gasteiger partial charge in [-0.15, -0.1) is 0 Å². The molecule has 0 spiro atoms. The fourth-order valence-electron chi connectivity index (χ4n) is 2.26. The van der Waals surface area contributed by atoms with Crippen molar-refractivity contribution in [1.29, 1.82) is 0 Å². The number of rotatable bonds is 5. The number of amides is 1. The smallest absolute Gasteiger partial charge is 0.251 e. The molecule has 1 aliphatic carbocycles. The minimum Gasteiger partial charge on any atom is -0.345 e. The molecule has 1 aliphatic rings. The summed E-state index contributed by atoms with van der Waals surface area (Å²) in [5.41, 5.74) is 7.52. The average Bonchev–Trinajstić information content (AvgIpc) is 3.23. The molecule has 0 saturated heterocycles. The molecule has 1 atom stereocenters. The molecule has 18 heavy (non-hydrogen) atoms. The van der Waals surface area contributed by atoms with Crippen LogP contribution in [-0.2, 0) is 6.42 Å². The van der Waals surface area contributed by atoms with Crippen molar-refractivity contribution in [2.24, 2.45) is 11.7 Å². The van der Waals surface area contributed by atoms with Gasteiger partial charge in [-0.05, 0) is 49.8 Å². The van der Waals surface area contributed by atoms with Gasteiger partial charge in [0.15, 0.2) is 0 Å². The van der Waals surface area contributed by atoms with Crippen LogP contribution in [0.2, 0.25) is 0 Å². The number of carbonyl (C=O) groups excluding carboxylic acids is 1. The minimum absolute atomic E-state index is 0.0162. The number of carbonyl (C=O) groups is 1. The Hall–Kier alpha value is -1.35. The van der Waals surface area contributed by atoms with Crippen molar-refractivity contribution in [1.82, 2.24) is 5.32 Å². The number of nitrogens with two attached hydrogens (primary N) is 1. The lowest BCUT2D eigenvalue weighted by Crippen LogP contribution is -2.53. The van der Waals surface area contributed by atoms with E-state index in [2.05, 4.69) is 12.2 Å². The zero-order valence-corrected chi connectivity index (χ0v) is 11.2. The molecular formula is C15H22N2O. The lowest BCUT2D eigenvalue weighted by molar-refractivity contribution is 0.0898. The standard InChI is InChI=1S/C15H22N2O/c1-3-11-4-6-12(7-5-11)14(18)17-15(2,10-16)13-8-9-13/h4-7,13H,3,8-10,16H2,1-2H3,(H,17,18). The molecule has 0 heterocycles. The van der Waals surface area contributed by atoms with Gasteiger partial charge in [-0.1, -0.05) is 19.1 Å². The summed E-state index contributed by atoms with van der Waals surface area (Å²) < 4.78 is 0. The predicted molar refractivity (Wildman–Crippen MR) is 73.5 cm³/mol. The highest BCUT2D eigenvalue weighted by Crippen LogP contribution is 2.39. The number of aryl methyl sites for hydroxylation is 1. The zero-order valence-electron chi connectivity index (χ0n) is 11.2. The molecule has 3 nitrogen and oxygen atoms in total. The van der Waals surface area contributed by atoms with Crippen molar-refractivity contribution in [3.63, 3.8) is 0 Å². The van der Waals surface area contributed by atoms with E-state index in [-0.39, 0.29) is 11.4 Å². The Labute approximate surface area is 109 Å². The van der Waals surface area contributed by atoms with Crippen LogP contribution in [0.4, 0.5) is 0 Å². The van der Waals surface area contributed by atoms with Gasteiger partial charge in [-0.3, -0.25) is 4.79 Å². The quantitative estimate of drug-likeness (QED) is 0.836. The normalized spacial score (nSPS) is 18.2. The number of hydrogen-bond donors (Lipinski definition) is 2. The Morgan fingerprint density at radius 3 is 2.44 bits per heavy atom. The summed E-state index contributed by atoms with van der Waals surface area (Å²) >= 11 is 0. The van der Waals surface area contributed by atoms with E-state index in [0.717, 1.165) is 6.42 Å². The maximum Gasteiger partial charge on any atom is 0.251 e. The van der Waals surface area contributed by atoms with E-state index in [9.17, 15) is 4.79 Å². The summed E-state index contributed by atoms with van der Waals surface area (Å²) in [4.78, 5) is 12.2. The van der Waals surface area contributed by atoms with Gasteiger partial charge in [-0.25, -0.2) is 0 Å². The Morgan fingerprint density at radius 1 is 1.39 bits per heavy atom. The molecule has 0 bridgehead atoms. The van der Waals surface area contributed by atoms with Crippen molar-refractivity contribution in [3.8, 4) is 0 Å². The summed E-state index contributed by atoms with van der Waals surface area (Å²) in [6.45, 7) is 4.65. The van der Waals surface area contributed by atoms with Gasteiger partial charge in [0.05, 0.1) is 5.54 Å². The highest BCUT2D eigenvalue weighted by Gasteiger charge is 2.41. The van der Waals surface area contributed by atoms with E-state index in [1.807, 2.05) is 31.2 Å². The molecule has 1 unspecified atom stereocenters. The molecule has 1 aromatic rings. The fourth-order valence-corrected chi connectivity index (χ4v) is 2.26. The number of benzene rings is 1. The third-order valence-corrected chi connectivity index (χ3v) is 3.93. The largest absolute Gasteiger partial charge is 0.345 e. The van der Waals surface area contributed by atoms with Crippen LogP contribution >= 0.6 is 0 Å². The number of hydrogen-bond acceptors (Lipinski definition) is 2. The second kappa shape index (κ2) is 5.11. The monoisotopic (exact) mass is 246 g/mol. The Kier molecular flexibility index (Phi) is 3.71. The van der Waals surface area contributed by atoms with Crippen LogP contribution in [0.25, 0.3) is 0 Å². The van der Waals surface area contributed by atoms with Crippen LogP contribution in [0, 0.1) is 5.92 Å². The van der Waals surface area contributed by atoms with E-state index in [1.165, 1.54) is 18.4 Å². The van der Waals surface area contributed by atoms with Gasteiger partial charge in [-0.2, -0.15) is 0 Å². The first-order valence-corrected chi connectivity index (χ1v) is 6.70. The molecule has 3 heteroatoms. The lowest BCUT2D eigenvalue weighted by Gasteiger charge is -2.29. The van der Waals surface area contributed by atoms with E-state index < -0.39 is 0 Å². The fraction of sp³-hybridized carbons (Fsp3) is 0.533. The van der Waals surface area contributed by atoms with Crippen LogP contribution in [0.1, 0.15) is 42.6 Å². The second-order valence-corrected chi connectivity index (χ2v) is 5.40. The maximum atomic E-state index is 12.2. The van der Waals surface area contributed by atoms with Gasteiger partial charge >= 0.3 is 0 Å².